The molecule has 2 aromatic rings. The molecule has 0 radical (unpaired) electrons. The molecule has 1 aliphatic heterocycles. The van der Waals surface area contributed by atoms with E-state index in [1.54, 1.807) is 19.1 Å². The van der Waals surface area contributed by atoms with E-state index in [2.05, 4.69) is 4.84 Å². The number of hydrogen-bond donors (Lipinski definition) is 3. The van der Waals surface area contributed by atoms with E-state index < -0.39 is 37.4 Å². The number of nitrogens with zero attached hydrogens (tertiary/aromatic N) is 3. The molecular weight excluding hydrogens is 484 g/mol. The molecular formula is C17H22N4O8S3. The Balaban J connectivity index is 1.97. The van der Waals surface area contributed by atoms with Gasteiger partial charge in [-0.2, -0.15) is 4.31 Å². The fourth-order valence-corrected chi connectivity index (χ4v) is 7.37. The second kappa shape index (κ2) is 9.12. The van der Waals surface area contributed by atoms with Crippen LogP contribution in [0.4, 0.5) is 0 Å². The minimum absolute atomic E-state index is 0.0511. The molecule has 32 heavy (non-hydrogen) atoms. The zero-order valence-corrected chi connectivity index (χ0v) is 19.5. The number of nitrogens with two attached hydrogens (primary N) is 1. The minimum Gasteiger partial charge on any atom is -0.330 e. The second-order valence-corrected chi connectivity index (χ2v) is 12.0. The maximum absolute atomic E-state index is 13.2. The highest BCUT2D eigenvalue weighted by Crippen LogP contribution is 2.41. The maximum atomic E-state index is 13.2. The zero-order chi connectivity index (χ0) is 23.8. The Kier molecular flexibility index (Phi) is 7.04. The van der Waals surface area contributed by atoms with Crippen molar-refractivity contribution in [2.45, 2.75) is 28.0 Å². The predicted octanol–water partition coefficient (Wildman–Crippen LogP) is 0.745. The lowest BCUT2D eigenvalue weighted by Crippen LogP contribution is -2.45. The van der Waals surface area contributed by atoms with Crippen LogP contribution >= 0.6 is 11.3 Å². The summed E-state index contributed by atoms with van der Waals surface area (Å²) in [4.78, 5) is 19.2. The van der Waals surface area contributed by atoms with Crippen LogP contribution in [0.5, 0.6) is 0 Å². The van der Waals surface area contributed by atoms with Crippen LogP contribution in [-0.4, -0.2) is 67.9 Å². The highest BCUT2D eigenvalue weighted by molar-refractivity contribution is 7.94. The summed E-state index contributed by atoms with van der Waals surface area (Å²) in [5.41, 5.74) is 1.09. The molecule has 1 aromatic carbocycles. The molecule has 3 rings (SSSR count). The first-order chi connectivity index (χ1) is 14.9. The monoisotopic (exact) mass is 506 g/mol. The Hall–Kier alpha value is -1.95. The quantitative estimate of drug-likeness (QED) is 0.458. The summed E-state index contributed by atoms with van der Waals surface area (Å²) in [6, 6.07) is 6.68. The van der Waals surface area contributed by atoms with Crippen LogP contribution in [-0.2, 0) is 31.5 Å². The third-order valence-electron chi connectivity index (χ3n) is 4.94. The van der Waals surface area contributed by atoms with E-state index >= 15 is 0 Å². The van der Waals surface area contributed by atoms with Gasteiger partial charge in [0.2, 0.25) is 10.0 Å². The molecule has 4 N–H and O–H groups in total. The SMILES string of the molecule is CCN(C(=O)c1ccc(CON(O)O)cc1)[C@H]1CN(C)S(=O)(=O)c2sc(S(N)(=O)=O)cc21. The van der Waals surface area contributed by atoms with Gasteiger partial charge in [0.05, 0.1) is 18.0 Å². The van der Waals surface area contributed by atoms with E-state index in [0.29, 0.717) is 22.5 Å². The molecule has 15 heteroatoms. The van der Waals surface area contributed by atoms with Crippen molar-refractivity contribution >= 4 is 37.3 Å². The van der Waals surface area contributed by atoms with Gasteiger partial charge in [-0.1, -0.05) is 12.1 Å². The Morgan fingerprint density at radius 1 is 1.31 bits per heavy atom. The van der Waals surface area contributed by atoms with Gasteiger partial charge in [0.15, 0.2) is 0 Å². The van der Waals surface area contributed by atoms with Crippen molar-refractivity contribution in [3.8, 4) is 0 Å². The van der Waals surface area contributed by atoms with Gasteiger partial charge in [0, 0.05) is 31.3 Å². The largest absolute Gasteiger partial charge is 0.330 e. The summed E-state index contributed by atoms with van der Waals surface area (Å²) in [5, 5.41) is 22.0. The van der Waals surface area contributed by atoms with Gasteiger partial charge in [-0.3, -0.25) is 15.2 Å². The predicted molar refractivity (Wildman–Crippen MR) is 112 cm³/mol. The topological polar surface area (TPSA) is 171 Å². The lowest BCUT2D eigenvalue weighted by atomic mass is 10.1. The first-order valence-electron chi connectivity index (χ1n) is 9.19. The molecule has 176 valence electrons. The first-order valence-corrected chi connectivity index (χ1v) is 13.0. The Bertz CT molecular complexity index is 1210. The zero-order valence-electron chi connectivity index (χ0n) is 17.1. The number of amides is 1. The summed E-state index contributed by atoms with van der Waals surface area (Å²) in [5.74, 6) is -0.391. The standard InChI is InChI=1S/C17H22N4O8S3/c1-3-20(16(22)12-6-4-11(5-7-12)10-29-21(23)24)14-9-19(2)32(27,28)17-13(14)8-15(30-17)31(18,25)26/h4-8,14,23-24H,3,9-10H2,1-2H3,(H2,18,25,26)/t14-/m0/s1. The number of benzene rings is 1. The van der Waals surface area contributed by atoms with Crippen molar-refractivity contribution in [1.29, 1.82) is 0 Å². The van der Waals surface area contributed by atoms with Crippen LogP contribution < -0.4 is 5.14 Å². The van der Waals surface area contributed by atoms with E-state index in [1.807, 2.05) is 0 Å². The first kappa shape index (κ1) is 24.7. The molecule has 12 nitrogen and oxygen atoms in total. The van der Waals surface area contributed by atoms with E-state index in [9.17, 15) is 21.6 Å². The highest BCUT2D eigenvalue weighted by atomic mass is 32.3. The summed E-state index contributed by atoms with van der Waals surface area (Å²) in [6.45, 7) is 1.77. The van der Waals surface area contributed by atoms with E-state index in [4.69, 9.17) is 15.6 Å². The molecule has 1 aromatic heterocycles. The molecule has 0 saturated heterocycles. The van der Waals surface area contributed by atoms with Crippen molar-refractivity contribution in [1.82, 2.24) is 14.6 Å². The van der Waals surface area contributed by atoms with Crippen LogP contribution in [0.15, 0.2) is 38.8 Å². The van der Waals surface area contributed by atoms with Crippen molar-refractivity contribution in [2.75, 3.05) is 20.1 Å². The molecule has 1 atom stereocenters. The molecule has 0 aliphatic carbocycles. The number of primary sulfonamides is 1. The maximum Gasteiger partial charge on any atom is 0.254 e. The van der Waals surface area contributed by atoms with Crippen LogP contribution in [0.1, 0.15) is 34.5 Å². The smallest absolute Gasteiger partial charge is 0.254 e. The molecule has 1 aliphatic rings. The van der Waals surface area contributed by atoms with Gasteiger partial charge in [-0.25, -0.2) is 26.8 Å². The molecule has 0 bridgehead atoms. The van der Waals surface area contributed by atoms with Gasteiger partial charge in [-0.05, 0) is 30.7 Å². The Labute approximate surface area is 189 Å². The van der Waals surface area contributed by atoms with E-state index in [0.717, 1.165) is 4.31 Å². The van der Waals surface area contributed by atoms with Crippen molar-refractivity contribution in [3.63, 3.8) is 0 Å². The third kappa shape index (κ3) is 4.85. The van der Waals surface area contributed by atoms with Gasteiger partial charge >= 0.3 is 0 Å². The molecule has 0 fully saturated rings. The number of sulfonamides is 2. The van der Waals surface area contributed by atoms with Gasteiger partial charge in [0.25, 0.3) is 15.9 Å². The summed E-state index contributed by atoms with van der Waals surface area (Å²) in [7, 11) is -6.68. The third-order valence-corrected chi connectivity index (χ3v) is 9.86. The fraction of sp³-hybridized carbons (Fsp3) is 0.353. The van der Waals surface area contributed by atoms with Crippen LogP contribution in [0.3, 0.4) is 0 Å². The number of rotatable bonds is 7. The van der Waals surface area contributed by atoms with Gasteiger partial charge in [0.1, 0.15) is 8.42 Å². The molecule has 1 amide bonds. The lowest BCUT2D eigenvalue weighted by Gasteiger charge is -2.37. The number of likely N-dealkylation sites (N-methyl/N-ethyl adjacent to an activating group) is 2. The molecule has 2 heterocycles. The highest BCUT2D eigenvalue weighted by Gasteiger charge is 2.41. The number of carbonyl (C=O) groups excluding carboxylic acids is 1. The molecule has 0 unspecified atom stereocenters. The van der Waals surface area contributed by atoms with Crippen molar-refractivity contribution in [2.24, 2.45) is 5.14 Å². The molecule has 0 saturated carbocycles. The lowest BCUT2D eigenvalue weighted by molar-refractivity contribution is -0.497. The normalized spacial score (nSPS) is 18.5. The fourth-order valence-electron chi connectivity index (χ4n) is 3.33. The van der Waals surface area contributed by atoms with Gasteiger partial charge < -0.3 is 4.90 Å². The average Bonchev–Trinajstić information content (AvgIpc) is 3.18. The van der Waals surface area contributed by atoms with Crippen LogP contribution in [0.25, 0.3) is 0 Å². The number of carbonyl (C=O) groups is 1. The second-order valence-electron chi connectivity index (χ2n) is 6.97. The van der Waals surface area contributed by atoms with Crippen LogP contribution in [0, 0.1) is 0 Å². The van der Waals surface area contributed by atoms with E-state index in [-0.39, 0.29) is 33.7 Å². The number of hydrogen-bond acceptors (Lipinski definition) is 10. The van der Waals surface area contributed by atoms with Crippen LogP contribution in [0.2, 0.25) is 0 Å². The van der Waals surface area contributed by atoms with E-state index in [1.165, 1.54) is 30.1 Å². The minimum atomic E-state index is -4.13. The summed E-state index contributed by atoms with van der Waals surface area (Å²) < 4.78 is 49.8. The summed E-state index contributed by atoms with van der Waals surface area (Å²) in [6.07, 6.45) is 0. The Morgan fingerprint density at radius 3 is 2.47 bits per heavy atom. The number of fused-ring (bicyclic) bond motifs is 1. The van der Waals surface area contributed by atoms with Gasteiger partial charge in [-0.15, -0.1) is 11.3 Å². The number of thiophene rings is 1. The Morgan fingerprint density at radius 2 is 1.94 bits per heavy atom. The van der Waals surface area contributed by atoms with Crippen molar-refractivity contribution in [3.05, 3.63) is 47.0 Å². The molecule has 0 spiro atoms. The average molecular weight is 507 g/mol. The van der Waals surface area contributed by atoms with Crippen molar-refractivity contribution < 1.29 is 36.9 Å². The summed E-state index contributed by atoms with van der Waals surface area (Å²) >= 11 is 0.563.